The Labute approximate surface area is 272 Å². The summed E-state index contributed by atoms with van der Waals surface area (Å²) in [4.78, 5) is 0. The average molecular weight is 661 g/mol. The van der Waals surface area contributed by atoms with Crippen LogP contribution in [0.15, 0.2) is 109 Å². The van der Waals surface area contributed by atoms with Crippen molar-refractivity contribution >= 4 is 31.7 Å². The molecule has 4 aromatic carbocycles. The first kappa shape index (κ1) is 38.0. The summed E-state index contributed by atoms with van der Waals surface area (Å²) in [6, 6.07) is 40.1. The number of hydrogen-bond acceptors (Lipinski definition) is 0. The molecule has 0 heterocycles. The summed E-state index contributed by atoms with van der Waals surface area (Å²) >= 11 is 1.36. The molecule has 0 fully saturated rings. The zero-order valence-electron chi connectivity index (χ0n) is 23.8. The summed E-state index contributed by atoms with van der Waals surface area (Å²) in [6.07, 6.45) is 11.0. The van der Waals surface area contributed by atoms with Gasteiger partial charge in [0.25, 0.3) is 0 Å². The summed E-state index contributed by atoms with van der Waals surface area (Å²) in [7, 11) is 0. The van der Waals surface area contributed by atoms with Crippen LogP contribution in [0.2, 0.25) is 0 Å². The monoisotopic (exact) mass is 658 g/mol. The molecule has 2 radical (unpaired) electrons. The van der Waals surface area contributed by atoms with Gasteiger partial charge in [0.15, 0.2) is 0 Å². The van der Waals surface area contributed by atoms with Gasteiger partial charge in [-0.15, -0.1) is 42.4 Å². The Morgan fingerprint density at radius 3 is 1.68 bits per heavy atom. The molecule has 0 unspecified atom stereocenters. The standard InChI is InChI=1S/C19H21.2C6H5.C5H5.2ClH.Si.Zr/c1-12(2)14-5-7-18-16(9-14)11-17-10-15(13(3)4)6-8-19(17)18;2*1-2-4-6-5-3-1;1-2-4-5-3-1;;;;/h5-9,12-13H,11H2,1-4H3;2*1-5H;1-3H,4H2;2*1H;;/q4*-1;;;;. The van der Waals surface area contributed by atoms with Crippen molar-refractivity contribution in [2.75, 3.05) is 0 Å². The summed E-state index contributed by atoms with van der Waals surface area (Å²) < 4.78 is 0. The van der Waals surface area contributed by atoms with E-state index >= 15 is 0 Å². The maximum atomic E-state index is 3.62. The van der Waals surface area contributed by atoms with Gasteiger partial charge in [0.2, 0.25) is 0 Å². The van der Waals surface area contributed by atoms with Crippen LogP contribution in [-0.2, 0) is 29.8 Å². The molecule has 0 amide bonds. The topological polar surface area (TPSA) is 0 Å². The quantitative estimate of drug-likeness (QED) is 0.131. The Morgan fingerprint density at radius 2 is 1.30 bits per heavy atom. The molecule has 0 spiro atoms. The van der Waals surface area contributed by atoms with Gasteiger partial charge in [-0.2, -0.15) is 103 Å². The predicted molar refractivity (Wildman–Crippen MR) is 174 cm³/mol. The molecule has 0 N–H and O–H groups in total. The Kier molecular flexibility index (Phi) is 21.6. The molecule has 4 heteroatoms. The molecule has 40 heavy (non-hydrogen) atoms. The first-order valence-electron chi connectivity index (χ1n) is 13.0. The molecule has 0 saturated heterocycles. The van der Waals surface area contributed by atoms with E-state index in [1.807, 2.05) is 72.8 Å². The second-order valence-corrected chi connectivity index (χ2v) is 9.37. The Bertz CT molecular complexity index is 1100. The van der Waals surface area contributed by atoms with E-state index in [-0.39, 0.29) is 24.8 Å². The van der Waals surface area contributed by atoms with Crippen LogP contribution in [0.25, 0.3) is 11.1 Å². The predicted octanol–water partition coefficient (Wildman–Crippen LogP) is 10.0. The van der Waals surface area contributed by atoms with Crippen LogP contribution in [0, 0.1) is 24.3 Å². The maximum absolute atomic E-state index is 3.62. The number of hydrogen-bond donors (Lipinski definition) is 0. The largest absolute Gasteiger partial charge is 0.184 e. The summed E-state index contributed by atoms with van der Waals surface area (Å²) in [6.45, 7) is 12.0. The van der Waals surface area contributed by atoms with Crippen molar-refractivity contribution < 1.29 is 23.3 Å². The molecule has 208 valence electrons. The van der Waals surface area contributed by atoms with Crippen molar-refractivity contribution in [1.82, 2.24) is 0 Å². The minimum Gasteiger partial charge on any atom is -0.184 e. The van der Waals surface area contributed by atoms with Crippen LogP contribution in [0.3, 0.4) is 0 Å². The molecule has 0 saturated carbocycles. The third-order valence-corrected chi connectivity index (χ3v) is 5.93. The SMILES string of the molecule is CC(C)c1[c-]c2c(cc1)-c1ccc(C(C)C)cc1C2.Cl.Cl.[C-]1=CC=CC1.[Si]=[Zr].[c-]1ccccc1.[c-]1ccccc1. The summed E-state index contributed by atoms with van der Waals surface area (Å²) in [5.74, 6) is 1.16. The minimum absolute atomic E-state index is 0. The Balaban J connectivity index is 0.000000594. The Hall–Kier alpha value is -1.96. The second-order valence-electron chi connectivity index (χ2n) is 9.37. The molecule has 6 rings (SSSR count). The molecule has 0 nitrogen and oxygen atoms in total. The van der Waals surface area contributed by atoms with E-state index in [0.29, 0.717) is 11.8 Å². The third kappa shape index (κ3) is 13.6. The van der Waals surface area contributed by atoms with Crippen LogP contribution in [-0.4, -0.2) is 6.88 Å². The number of fused-ring (bicyclic) bond motifs is 3. The fourth-order valence-electron chi connectivity index (χ4n) is 3.88. The van der Waals surface area contributed by atoms with Crippen molar-refractivity contribution in [2.45, 2.75) is 52.4 Å². The van der Waals surface area contributed by atoms with E-state index in [1.165, 1.54) is 56.7 Å². The first-order chi connectivity index (χ1) is 18.6. The van der Waals surface area contributed by atoms with Gasteiger partial charge < -0.3 is 0 Å². The van der Waals surface area contributed by atoms with Crippen LogP contribution in [0.1, 0.15) is 68.2 Å². The van der Waals surface area contributed by atoms with Crippen molar-refractivity contribution in [1.29, 1.82) is 0 Å². The van der Waals surface area contributed by atoms with Gasteiger partial charge in [0.1, 0.15) is 0 Å². The molecule has 4 aromatic rings. The van der Waals surface area contributed by atoms with Gasteiger partial charge in [-0.3, -0.25) is 6.08 Å². The van der Waals surface area contributed by atoms with Crippen LogP contribution >= 0.6 is 24.8 Å². The fraction of sp³-hybridized carbons (Fsp3) is 0.222. The molecule has 0 aromatic heterocycles. The Morgan fingerprint density at radius 1 is 0.725 bits per heavy atom. The average Bonchev–Trinajstić information content (AvgIpc) is 3.68. The van der Waals surface area contributed by atoms with E-state index in [0.717, 1.165) is 12.8 Å². The van der Waals surface area contributed by atoms with Gasteiger partial charge in [-0.25, -0.2) is 12.2 Å². The maximum Gasteiger partial charge on any atom is -0.171 e. The van der Waals surface area contributed by atoms with Crippen molar-refractivity contribution in [2.24, 2.45) is 0 Å². The molecule has 0 bridgehead atoms. The molecule has 0 atom stereocenters. The van der Waals surface area contributed by atoms with E-state index in [9.17, 15) is 0 Å². The van der Waals surface area contributed by atoms with E-state index in [2.05, 4.69) is 95.3 Å². The van der Waals surface area contributed by atoms with Crippen LogP contribution in [0.5, 0.6) is 0 Å². The van der Waals surface area contributed by atoms with Gasteiger partial charge >= 0.3 is 30.2 Å². The van der Waals surface area contributed by atoms with Crippen molar-refractivity contribution in [3.63, 3.8) is 0 Å². The fourth-order valence-corrected chi connectivity index (χ4v) is 3.88. The van der Waals surface area contributed by atoms with Crippen molar-refractivity contribution in [3.8, 4) is 11.1 Å². The van der Waals surface area contributed by atoms with Gasteiger partial charge in [0, 0.05) is 0 Å². The van der Waals surface area contributed by atoms with Gasteiger partial charge in [-0.1, -0.05) is 51.5 Å². The number of rotatable bonds is 2. The molecule has 2 aliphatic carbocycles. The van der Waals surface area contributed by atoms with Crippen LogP contribution < -0.4 is 0 Å². The summed E-state index contributed by atoms with van der Waals surface area (Å²) in [5.41, 5.74) is 8.41. The number of benzene rings is 4. The van der Waals surface area contributed by atoms with E-state index < -0.39 is 0 Å². The van der Waals surface area contributed by atoms with E-state index in [4.69, 9.17) is 0 Å². The molecule has 2 aliphatic rings. The number of halogens is 2. The zero-order chi connectivity index (χ0) is 27.6. The smallest absolute Gasteiger partial charge is 0.171 e. The van der Waals surface area contributed by atoms with Crippen molar-refractivity contribution in [3.05, 3.63) is 156 Å². The normalized spacial score (nSPS) is 10.8. The third-order valence-electron chi connectivity index (χ3n) is 5.93. The van der Waals surface area contributed by atoms with Gasteiger partial charge in [-0.05, 0) is 29.4 Å². The molecule has 0 aliphatic heterocycles. The molecular weight excluding hydrogens is 623 g/mol. The minimum atomic E-state index is 0. The van der Waals surface area contributed by atoms with E-state index in [1.54, 1.807) is 0 Å². The summed E-state index contributed by atoms with van der Waals surface area (Å²) in [5, 5.41) is 0. The number of allylic oxidation sites excluding steroid dienone is 4. The van der Waals surface area contributed by atoms with Gasteiger partial charge in [0.05, 0.1) is 0 Å². The molecular formula is C36H38Cl2SiZr-4. The first-order valence-corrected chi connectivity index (χ1v) is 17.2. The second kappa shape index (κ2) is 22.7. The zero-order valence-corrected chi connectivity index (χ0v) is 28.9. The van der Waals surface area contributed by atoms with Crippen LogP contribution in [0.4, 0.5) is 0 Å².